The van der Waals surface area contributed by atoms with Crippen molar-refractivity contribution in [3.05, 3.63) is 29.3 Å². The minimum atomic E-state index is -4.64. The van der Waals surface area contributed by atoms with E-state index in [0.717, 1.165) is 11.8 Å². The van der Waals surface area contributed by atoms with Crippen molar-refractivity contribution < 1.29 is 27.9 Å². The van der Waals surface area contributed by atoms with Crippen LogP contribution in [0.4, 0.5) is 13.2 Å². The van der Waals surface area contributed by atoms with Crippen LogP contribution in [0.25, 0.3) is 0 Å². The number of hydrogen-bond acceptors (Lipinski definition) is 3. The molecule has 1 aromatic carbocycles. The Morgan fingerprint density at radius 1 is 1.24 bits per heavy atom. The maximum absolute atomic E-state index is 12.3. The summed E-state index contributed by atoms with van der Waals surface area (Å²) in [6.45, 7) is -2.57. The zero-order valence-corrected chi connectivity index (χ0v) is 12.1. The van der Waals surface area contributed by atoms with E-state index in [-0.39, 0.29) is 10.7 Å². The highest BCUT2D eigenvalue weighted by atomic mass is 35.5. The van der Waals surface area contributed by atoms with Crippen molar-refractivity contribution in [3.8, 4) is 0 Å². The van der Waals surface area contributed by atoms with Crippen LogP contribution < -0.4 is 0 Å². The van der Waals surface area contributed by atoms with Gasteiger partial charge in [-0.1, -0.05) is 11.6 Å². The maximum atomic E-state index is 12.3. The second-order valence-corrected chi connectivity index (χ2v) is 5.49. The summed E-state index contributed by atoms with van der Waals surface area (Å²) >= 11 is 6.69. The summed E-state index contributed by atoms with van der Waals surface area (Å²) in [4.78, 5) is 23.2. The van der Waals surface area contributed by atoms with Gasteiger partial charge in [0.25, 0.3) is 0 Å². The largest absolute Gasteiger partial charge is 0.480 e. The highest BCUT2D eigenvalue weighted by molar-refractivity contribution is 8.00. The fourth-order valence-corrected chi connectivity index (χ4v) is 2.31. The number of benzene rings is 1. The van der Waals surface area contributed by atoms with Crippen LogP contribution in [-0.2, 0) is 9.59 Å². The molecule has 0 aliphatic rings. The third-order valence-corrected chi connectivity index (χ3v) is 3.47. The summed E-state index contributed by atoms with van der Waals surface area (Å²) < 4.78 is 36.9. The van der Waals surface area contributed by atoms with Crippen LogP contribution >= 0.6 is 23.4 Å². The lowest BCUT2D eigenvalue weighted by Crippen LogP contribution is -2.42. The van der Waals surface area contributed by atoms with Crippen molar-refractivity contribution in [1.82, 2.24) is 4.90 Å². The monoisotopic (exact) mass is 341 g/mol. The first-order valence-electron chi connectivity index (χ1n) is 5.62. The Kier molecular flexibility index (Phi) is 6.35. The Balaban J connectivity index is 2.63. The molecule has 116 valence electrons. The number of carboxylic acids is 1. The van der Waals surface area contributed by atoms with E-state index in [4.69, 9.17) is 16.7 Å². The third kappa shape index (κ3) is 7.24. The number of hydrogen-bond donors (Lipinski definition) is 1. The fraction of sp³-hybridized carbons (Fsp3) is 0.333. The zero-order chi connectivity index (χ0) is 16.0. The molecule has 0 aromatic heterocycles. The summed E-state index contributed by atoms with van der Waals surface area (Å²) in [7, 11) is 0. The minimum absolute atomic E-state index is 0.269. The Bertz CT molecular complexity index is 507. The number of rotatable bonds is 6. The van der Waals surface area contributed by atoms with E-state index in [1.807, 2.05) is 0 Å². The number of alkyl halides is 3. The van der Waals surface area contributed by atoms with E-state index in [9.17, 15) is 22.8 Å². The number of nitrogens with zero attached hydrogens (tertiary/aromatic N) is 1. The molecule has 0 bridgehead atoms. The van der Waals surface area contributed by atoms with Gasteiger partial charge < -0.3 is 10.0 Å². The standard InChI is InChI=1S/C12H11ClF3NO3S/c13-8-1-3-9(4-2-8)21-6-10(18)17(5-11(19)20)7-12(14,15)16/h1-4H,5-7H2,(H,19,20). The lowest BCUT2D eigenvalue weighted by molar-refractivity contribution is -0.164. The highest BCUT2D eigenvalue weighted by Crippen LogP contribution is 2.22. The van der Waals surface area contributed by atoms with Crippen molar-refractivity contribution in [1.29, 1.82) is 0 Å². The number of carbonyl (C=O) groups excluding carboxylic acids is 1. The number of aliphatic carboxylic acids is 1. The molecular formula is C12H11ClF3NO3S. The van der Waals surface area contributed by atoms with Gasteiger partial charge in [-0.2, -0.15) is 13.2 Å². The highest BCUT2D eigenvalue weighted by Gasteiger charge is 2.33. The van der Waals surface area contributed by atoms with Crippen molar-refractivity contribution in [2.45, 2.75) is 11.1 Å². The lowest BCUT2D eigenvalue weighted by Gasteiger charge is -2.21. The van der Waals surface area contributed by atoms with E-state index >= 15 is 0 Å². The Morgan fingerprint density at radius 3 is 2.29 bits per heavy atom. The van der Waals surface area contributed by atoms with Gasteiger partial charge in [0.15, 0.2) is 0 Å². The van der Waals surface area contributed by atoms with E-state index in [0.29, 0.717) is 9.92 Å². The van der Waals surface area contributed by atoms with Gasteiger partial charge in [0.2, 0.25) is 5.91 Å². The Hall–Kier alpha value is -1.41. The molecule has 0 atom stereocenters. The molecule has 0 saturated heterocycles. The first kappa shape index (κ1) is 17.6. The molecule has 0 aliphatic carbocycles. The summed E-state index contributed by atoms with van der Waals surface area (Å²) in [5, 5.41) is 9.06. The number of amides is 1. The van der Waals surface area contributed by atoms with Crippen molar-refractivity contribution in [2.75, 3.05) is 18.8 Å². The van der Waals surface area contributed by atoms with E-state index in [2.05, 4.69) is 0 Å². The molecule has 1 N–H and O–H groups in total. The molecule has 1 rings (SSSR count). The molecule has 9 heteroatoms. The zero-order valence-electron chi connectivity index (χ0n) is 10.6. The van der Waals surface area contributed by atoms with Crippen molar-refractivity contribution in [3.63, 3.8) is 0 Å². The van der Waals surface area contributed by atoms with E-state index in [1.54, 1.807) is 24.3 Å². The lowest BCUT2D eigenvalue weighted by atomic mass is 10.4. The molecule has 21 heavy (non-hydrogen) atoms. The smallest absolute Gasteiger partial charge is 0.406 e. The number of halogens is 4. The van der Waals surface area contributed by atoms with E-state index in [1.165, 1.54) is 0 Å². The molecule has 4 nitrogen and oxygen atoms in total. The van der Waals surface area contributed by atoms with Crippen LogP contribution in [0.3, 0.4) is 0 Å². The fourth-order valence-electron chi connectivity index (χ4n) is 1.38. The predicted octanol–water partition coefficient (Wildman–Crippen LogP) is 2.91. The molecule has 0 fully saturated rings. The van der Waals surface area contributed by atoms with Gasteiger partial charge in [-0.3, -0.25) is 9.59 Å². The molecule has 0 saturated carbocycles. The molecule has 0 radical (unpaired) electrons. The molecule has 1 amide bonds. The Morgan fingerprint density at radius 2 is 1.81 bits per heavy atom. The molecule has 0 aliphatic heterocycles. The average Bonchev–Trinajstić information content (AvgIpc) is 2.34. The summed E-state index contributed by atoms with van der Waals surface area (Å²) in [5.41, 5.74) is 0. The van der Waals surface area contributed by atoms with Crippen molar-refractivity contribution in [2.24, 2.45) is 0 Å². The molecule has 0 unspecified atom stereocenters. The SMILES string of the molecule is O=C(O)CN(CC(F)(F)F)C(=O)CSc1ccc(Cl)cc1. The van der Waals surface area contributed by atoms with Gasteiger partial charge in [-0.15, -0.1) is 11.8 Å². The van der Waals surface area contributed by atoms with Gasteiger partial charge in [-0.05, 0) is 24.3 Å². The normalized spacial score (nSPS) is 11.2. The van der Waals surface area contributed by atoms with Crippen molar-refractivity contribution >= 4 is 35.2 Å². The van der Waals surface area contributed by atoms with Crippen LogP contribution in [0.5, 0.6) is 0 Å². The van der Waals surface area contributed by atoms with Gasteiger partial charge in [0.05, 0.1) is 5.75 Å². The molecule has 1 aromatic rings. The number of thioether (sulfide) groups is 1. The maximum Gasteiger partial charge on any atom is 0.406 e. The first-order chi connectivity index (χ1) is 9.67. The third-order valence-electron chi connectivity index (χ3n) is 2.22. The quantitative estimate of drug-likeness (QED) is 0.808. The van der Waals surface area contributed by atoms with Gasteiger partial charge in [-0.25, -0.2) is 0 Å². The first-order valence-corrected chi connectivity index (χ1v) is 6.98. The second kappa shape index (κ2) is 7.56. The van der Waals surface area contributed by atoms with Gasteiger partial charge in [0.1, 0.15) is 13.1 Å². The summed E-state index contributed by atoms with van der Waals surface area (Å²) in [6.07, 6.45) is -4.64. The number of carbonyl (C=O) groups is 2. The van der Waals surface area contributed by atoms with Crippen LogP contribution in [0.2, 0.25) is 5.02 Å². The molecular weight excluding hydrogens is 331 g/mol. The average molecular weight is 342 g/mol. The van der Waals surface area contributed by atoms with Gasteiger partial charge >= 0.3 is 12.1 Å². The van der Waals surface area contributed by atoms with Crippen LogP contribution in [0.15, 0.2) is 29.2 Å². The Labute approximate surface area is 127 Å². The summed E-state index contributed by atoms with van der Waals surface area (Å²) in [5.74, 6) is -2.68. The number of carboxylic acid groups (broad SMARTS) is 1. The van der Waals surface area contributed by atoms with Crippen LogP contribution in [-0.4, -0.2) is 46.9 Å². The van der Waals surface area contributed by atoms with Gasteiger partial charge in [0, 0.05) is 9.92 Å². The topological polar surface area (TPSA) is 57.6 Å². The van der Waals surface area contributed by atoms with Crippen LogP contribution in [0.1, 0.15) is 0 Å². The second-order valence-electron chi connectivity index (χ2n) is 4.00. The van der Waals surface area contributed by atoms with E-state index < -0.39 is 31.1 Å². The molecule has 0 spiro atoms. The predicted molar refractivity (Wildman–Crippen MR) is 72.4 cm³/mol. The minimum Gasteiger partial charge on any atom is -0.480 e. The van der Waals surface area contributed by atoms with Crippen LogP contribution in [0, 0.1) is 0 Å². The summed E-state index contributed by atoms with van der Waals surface area (Å²) in [6, 6.07) is 6.40. The molecule has 0 heterocycles.